The molecule has 21 heavy (non-hydrogen) atoms. The minimum atomic E-state index is -1.21. The number of carbonyl (C=O) groups is 2. The van der Waals surface area contributed by atoms with Crippen LogP contribution < -0.4 is 5.32 Å². The van der Waals surface area contributed by atoms with Crippen molar-refractivity contribution in [2.75, 3.05) is 0 Å². The normalized spacial score (nSPS) is 11.4. The first-order valence-corrected chi connectivity index (χ1v) is 7.12. The molecule has 2 N–H and O–H groups in total. The van der Waals surface area contributed by atoms with E-state index in [2.05, 4.69) is 10.3 Å². The Hall–Kier alpha value is -2.15. The van der Waals surface area contributed by atoms with Crippen LogP contribution >= 0.6 is 11.3 Å². The second-order valence-electron chi connectivity index (χ2n) is 5.21. The fourth-order valence-corrected chi connectivity index (χ4v) is 2.69. The molecular formula is C14H16N2O4S. The SMILES string of the molecule is Cc1nc(C(C)(C)NC(=O)c2ccc(C(=O)O)o2)sc1C. The summed E-state index contributed by atoms with van der Waals surface area (Å²) >= 11 is 1.52. The Labute approximate surface area is 125 Å². The van der Waals surface area contributed by atoms with Crippen LogP contribution in [0.5, 0.6) is 0 Å². The fraction of sp³-hybridized carbons (Fsp3) is 0.357. The van der Waals surface area contributed by atoms with E-state index in [-0.39, 0.29) is 11.5 Å². The molecule has 0 aromatic carbocycles. The van der Waals surface area contributed by atoms with E-state index in [1.807, 2.05) is 27.7 Å². The second-order valence-corrected chi connectivity index (χ2v) is 6.41. The van der Waals surface area contributed by atoms with E-state index >= 15 is 0 Å². The minimum absolute atomic E-state index is 0.0366. The standard InChI is InChI=1S/C14H16N2O4S/c1-7-8(2)21-13(15-7)14(3,4)16-11(17)9-5-6-10(20-9)12(18)19/h5-6H,1-4H3,(H,16,17)(H,18,19). The van der Waals surface area contributed by atoms with Gasteiger partial charge in [-0.2, -0.15) is 0 Å². The number of carboxylic acids is 1. The maximum Gasteiger partial charge on any atom is 0.371 e. The van der Waals surface area contributed by atoms with Gasteiger partial charge >= 0.3 is 5.97 Å². The number of amides is 1. The molecule has 2 heterocycles. The van der Waals surface area contributed by atoms with Crippen LogP contribution in [-0.4, -0.2) is 22.0 Å². The molecule has 7 heteroatoms. The number of aryl methyl sites for hydroxylation is 2. The average molecular weight is 308 g/mol. The molecule has 0 saturated heterocycles. The number of nitrogens with one attached hydrogen (secondary N) is 1. The number of aromatic nitrogens is 1. The van der Waals surface area contributed by atoms with Crippen LogP contribution in [-0.2, 0) is 5.54 Å². The topological polar surface area (TPSA) is 92.4 Å². The van der Waals surface area contributed by atoms with Crippen molar-refractivity contribution in [2.45, 2.75) is 33.2 Å². The Bertz CT molecular complexity index is 680. The molecule has 0 bridgehead atoms. The average Bonchev–Trinajstić information content (AvgIpc) is 2.97. The predicted octanol–water partition coefficient (Wildman–Crippen LogP) is 2.72. The van der Waals surface area contributed by atoms with E-state index in [4.69, 9.17) is 9.52 Å². The minimum Gasteiger partial charge on any atom is -0.475 e. The third-order valence-electron chi connectivity index (χ3n) is 3.03. The van der Waals surface area contributed by atoms with E-state index in [0.29, 0.717) is 0 Å². The molecule has 112 valence electrons. The number of furan rings is 1. The number of carboxylic acid groups (broad SMARTS) is 1. The van der Waals surface area contributed by atoms with Crippen molar-refractivity contribution in [1.82, 2.24) is 10.3 Å². The molecule has 1 amide bonds. The van der Waals surface area contributed by atoms with Gasteiger partial charge in [0.2, 0.25) is 5.76 Å². The Morgan fingerprint density at radius 2 is 1.90 bits per heavy atom. The third kappa shape index (κ3) is 3.13. The zero-order valence-corrected chi connectivity index (χ0v) is 13.0. The number of hydrogen-bond donors (Lipinski definition) is 2. The zero-order valence-electron chi connectivity index (χ0n) is 12.2. The van der Waals surface area contributed by atoms with Crippen molar-refractivity contribution >= 4 is 23.2 Å². The van der Waals surface area contributed by atoms with Crippen LogP contribution in [0.2, 0.25) is 0 Å². The number of nitrogens with zero attached hydrogens (tertiary/aromatic N) is 1. The molecule has 0 spiro atoms. The van der Waals surface area contributed by atoms with E-state index in [1.165, 1.54) is 23.5 Å². The summed E-state index contributed by atoms with van der Waals surface area (Å²) in [5.74, 6) is -1.98. The third-order valence-corrected chi connectivity index (χ3v) is 4.43. The summed E-state index contributed by atoms with van der Waals surface area (Å²) in [4.78, 5) is 28.4. The lowest BCUT2D eigenvalue weighted by atomic mass is 10.1. The van der Waals surface area contributed by atoms with Crippen LogP contribution in [0.3, 0.4) is 0 Å². The van der Waals surface area contributed by atoms with Crippen molar-refractivity contribution in [3.05, 3.63) is 39.2 Å². The Morgan fingerprint density at radius 3 is 2.38 bits per heavy atom. The lowest BCUT2D eigenvalue weighted by Crippen LogP contribution is -2.40. The molecule has 0 aliphatic rings. The highest BCUT2D eigenvalue weighted by Crippen LogP contribution is 2.27. The fourth-order valence-electron chi connectivity index (χ4n) is 1.71. The molecule has 0 atom stereocenters. The van der Waals surface area contributed by atoms with Crippen molar-refractivity contribution in [2.24, 2.45) is 0 Å². The first-order chi connectivity index (χ1) is 9.70. The second kappa shape index (κ2) is 5.33. The quantitative estimate of drug-likeness (QED) is 0.906. The number of rotatable bonds is 4. The number of hydrogen-bond acceptors (Lipinski definition) is 5. The summed E-state index contributed by atoms with van der Waals surface area (Å²) in [7, 11) is 0. The first-order valence-electron chi connectivity index (χ1n) is 6.31. The number of aromatic carboxylic acids is 1. The van der Waals surface area contributed by atoms with Crippen molar-refractivity contribution < 1.29 is 19.1 Å². The lowest BCUT2D eigenvalue weighted by Gasteiger charge is -2.23. The van der Waals surface area contributed by atoms with Crippen molar-refractivity contribution in [1.29, 1.82) is 0 Å². The Morgan fingerprint density at radius 1 is 1.29 bits per heavy atom. The smallest absolute Gasteiger partial charge is 0.371 e. The number of thiazole rings is 1. The van der Waals surface area contributed by atoms with Gasteiger partial charge < -0.3 is 14.8 Å². The van der Waals surface area contributed by atoms with Gasteiger partial charge in [0.15, 0.2) is 5.76 Å². The van der Waals surface area contributed by atoms with Gasteiger partial charge in [-0.15, -0.1) is 11.3 Å². The van der Waals surface area contributed by atoms with Gasteiger partial charge in [-0.1, -0.05) is 0 Å². The molecule has 0 aliphatic carbocycles. The largest absolute Gasteiger partial charge is 0.475 e. The predicted molar refractivity (Wildman–Crippen MR) is 77.7 cm³/mol. The van der Waals surface area contributed by atoms with Gasteiger partial charge in [0.1, 0.15) is 5.01 Å². The molecule has 6 nitrogen and oxygen atoms in total. The van der Waals surface area contributed by atoms with Gasteiger partial charge in [0, 0.05) is 4.88 Å². The highest BCUT2D eigenvalue weighted by molar-refractivity contribution is 7.11. The van der Waals surface area contributed by atoms with E-state index in [1.54, 1.807) is 0 Å². The molecule has 0 aliphatic heterocycles. The van der Waals surface area contributed by atoms with Crippen LogP contribution in [0.25, 0.3) is 0 Å². The van der Waals surface area contributed by atoms with Gasteiger partial charge in [-0.3, -0.25) is 4.79 Å². The highest BCUT2D eigenvalue weighted by atomic mass is 32.1. The summed E-state index contributed by atoms with van der Waals surface area (Å²) in [6.07, 6.45) is 0. The zero-order chi connectivity index (χ0) is 15.8. The molecule has 0 radical (unpaired) electrons. The summed E-state index contributed by atoms with van der Waals surface area (Å²) < 4.78 is 4.99. The summed E-state index contributed by atoms with van der Waals surface area (Å²) in [5, 5.41) is 12.4. The lowest BCUT2D eigenvalue weighted by molar-refractivity contribution is 0.0659. The van der Waals surface area contributed by atoms with E-state index in [0.717, 1.165) is 15.6 Å². The van der Waals surface area contributed by atoms with Crippen LogP contribution in [0.1, 0.15) is 50.5 Å². The molecule has 0 unspecified atom stereocenters. The van der Waals surface area contributed by atoms with Gasteiger partial charge in [0.25, 0.3) is 5.91 Å². The van der Waals surface area contributed by atoms with Gasteiger partial charge in [-0.25, -0.2) is 9.78 Å². The molecule has 2 rings (SSSR count). The monoisotopic (exact) mass is 308 g/mol. The maximum atomic E-state index is 12.1. The Kier molecular flexibility index (Phi) is 3.87. The van der Waals surface area contributed by atoms with Crippen LogP contribution in [0.15, 0.2) is 16.5 Å². The van der Waals surface area contributed by atoms with Crippen LogP contribution in [0, 0.1) is 13.8 Å². The molecular weight excluding hydrogens is 292 g/mol. The Balaban J connectivity index is 2.18. The molecule has 2 aromatic heterocycles. The number of carbonyl (C=O) groups excluding carboxylic acids is 1. The maximum absolute atomic E-state index is 12.1. The van der Waals surface area contributed by atoms with Gasteiger partial charge in [-0.05, 0) is 39.8 Å². The first kappa shape index (κ1) is 15.2. The van der Waals surface area contributed by atoms with E-state index in [9.17, 15) is 9.59 Å². The summed E-state index contributed by atoms with van der Waals surface area (Å²) in [5.41, 5.74) is 0.264. The van der Waals surface area contributed by atoms with Gasteiger partial charge in [0.05, 0.1) is 11.2 Å². The molecule has 2 aromatic rings. The summed E-state index contributed by atoms with van der Waals surface area (Å²) in [6, 6.07) is 2.59. The van der Waals surface area contributed by atoms with Crippen LogP contribution in [0.4, 0.5) is 0 Å². The highest BCUT2D eigenvalue weighted by Gasteiger charge is 2.28. The van der Waals surface area contributed by atoms with E-state index < -0.39 is 17.4 Å². The molecule has 0 saturated carbocycles. The summed E-state index contributed by atoms with van der Waals surface area (Å²) in [6.45, 7) is 7.56. The van der Waals surface area contributed by atoms with Crippen molar-refractivity contribution in [3.8, 4) is 0 Å². The van der Waals surface area contributed by atoms with Crippen molar-refractivity contribution in [3.63, 3.8) is 0 Å². The molecule has 0 fully saturated rings.